The third-order valence-electron chi connectivity index (χ3n) is 5.43. The molecule has 11 heteroatoms. The number of nitrogen functional groups attached to an aromatic ring is 1. The maximum absolute atomic E-state index is 12.6. The number of nitrogens with two attached hydrogens (primary N) is 1. The number of nitrogens with zero attached hydrogens (tertiary/aromatic N) is 4. The molecule has 3 aromatic rings. The van der Waals surface area contributed by atoms with Gasteiger partial charge in [-0.15, -0.1) is 0 Å². The Balaban J connectivity index is 1.64. The summed E-state index contributed by atoms with van der Waals surface area (Å²) >= 11 is 12.2. The number of benzene rings is 1. The first-order valence-electron chi connectivity index (χ1n) is 10.1. The SMILES string of the molecule is COc1cc(Cl)cc(C(C2CCNCC2)n2cc(NC(=O)c3nc(Cl)cnc3N)cn2)c1. The number of methoxy groups -OCH3 is 1. The number of aromatic nitrogens is 4. The van der Waals surface area contributed by atoms with Crippen LogP contribution in [0.4, 0.5) is 11.5 Å². The van der Waals surface area contributed by atoms with E-state index in [1.165, 1.54) is 6.20 Å². The van der Waals surface area contributed by atoms with Crippen LogP contribution in [0.1, 0.15) is 34.9 Å². The van der Waals surface area contributed by atoms with E-state index in [-0.39, 0.29) is 22.7 Å². The predicted octanol–water partition coefficient (Wildman–Crippen LogP) is 3.41. The van der Waals surface area contributed by atoms with Gasteiger partial charge in [-0.1, -0.05) is 23.2 Å². The fourth-order valence-electron chi connectivity index (χ4n) is 3.96. The molecule has 0 radical (unpaired) electrons. The zero-order valence-electron chi connectivity index (χ0n) is 17.4. The highest BCUT2D eigenvalue weighted by molar-refractivity contribution is 6.30. The molecule has 1 unspecified atom stereocenters. The molecular weight excluding hydrogens is 453 g/mol. The number of ether oxygens (including phenoxy) is 1. The minimum Gasteiger partial charge on any atom is -0.497 e. The van der Waals surface area contributed by atoms with Gasteiger partial charge in [-0.05, 0) is 55.6 Å². The number of carbonyl (C=O) groups is 1. The number of anilines is 2. The Morgan fingerprint density at radius 1 is 1.28 bits per heavy atom. The van der Waals surface area contributed by atoms with Crippen molar-refractivity contribution in [1.29, 1.82) is 0 Å². The molecule has 0 saturated carbocycles. The average Bonchev–Trinajstić information content (AvgIpc) is 3.23. The number of halogens is 2. The topological polar surface area (TPSA) is 120 Å². The molecule has 2 aromatic heterocycles. The molecule has 4 N–H and O–H groups in total. The number of carbonyl (C=O) groups excluding carboxylic acids is 1. The van der Waals surface area contributed by atoms with Crippen molar-refractivity contribution in [2.45, 2.75) is 18.9 Å². The van der Waals surface area contributed by atoms with Crippen molar-refractivity contribution in [3.05, 3.63) is 58.2 Å². The smallest absolute Gasteiger partial charge is 0.278 e. The first-order valence-corrected chi connectivity index (χ1v) is 10.9. The molecule has 0 spiro atoms. The van der Waals surface area contributed by atoms with Crippen LogP contribution in [-0.2, 0) is 0 Å². The van der Waals surface area contributed by atoms with Crippen molar-refractivity contribution in [2.75, 3.05) is 31.2 Å². The highest BCUT2D eigenvalue weighted by Gasteiger charge is 2.28. The molecule has 1 aliphatic rings. The van der Waals surface area contributed by atoms with Crippen molar-refractivity contribution in [1.82, 2.24) is 25.1 Å². The van der Waals surface area contributed by atoms with Crippen molar-refractivity contribution in [3.8, 4) is 5.75 Å². The summed E-state index contributed by atoms with van der Waals surface area (Å²) in [4.78, 5) is 20.5. The van der Waals surface area contributed by atoms with Crippen molar-refractivity contribution in [2.24, 2.45) is 5.92 Å². The van der Waals surface area contributed by atoms with E-state index in [1.807, 2.05) is 16.8 Å². The van der Waals surface area contributed by atoms with E-state index in [0.29, 0.717) is 22.4 Å². The molecular formula is C21H23Cl2N7O2. The summed E-state index contributed by atoms with van der Waals surface area (Å²) in [7, 11) is 1.61. The third-order valence-corrected chi connectivity index (χ3v) is 5.83. The minimum atomic E-state index is -0.514. The quantitative estimate of drug-likeness (QED) is 0.499. The molecule has 32 heavy (non-hydrogen) atoms. The Hall–Kier alpha value is -2.88. The highest BCUT2D eigenvalue weighted by Crippen LogP contribution is 2.36. The van der Waals surface area contributed by atoms with E-state index in [9.17, 15) is 4.79 Å². The van der Waals surface area contributed by atoms with Gasteiger partial charge in [0.15, 0.2) is 11.5 Å². The fourth-order valence-corrected chi connectivity index (χ4v) is 4.33. The maximum Gasteiger partial charge on any atom is 0.278 e. The number of amides is 1. The molecule has 1 saturated heterocycles. The zero-order chi connectivity index (χ0) is 22.7. The molecule has 0 aliphatic carbocycles. The lowest BCUT2D eigenvalue weighted by atomic mass is 9.86. The van der Waals surface area contributed by atoms with E-state index in [1.54, 1.807) is 25.6 Å². The lowest BCUT2D eigenvalue weighted by molar-refractivity contribution is 0.102. The van der Waals surface area contributed by atoms with Crippen molar-refractivity contribution < 1.29 is 9.53 Å². The monoisotopic (exact) mass is 475 g/mol. The van der Waals surface area contributed by atoms with E-state index in [0.717, 1.165) is 31.5 Å². The molecule has 9 nitrogen and oxygen atoms in total. The van der Waals surface area contributed by atoms with Crippen LogP contribution in [0, 0.1) is 5.92 Å². The van der Waals surface area contributed by atoms with Gasteiger partial charge in [0.1, 0.15) is 10.9 Å². The van der Waals surface area contributed by atoms with E-state index >= 15 is 0 Å². The average molecular weight is 476 g/mol. The van der Waals surface area contributed by atoms with E-state index in [2.05, 4.69) is 25.7 Å². The summed E-state index contributed by atoms with van der Waals surface area (Å²) in [6, 6.07) is 5.60. The van der Waals surface area contributed by atoms with Gasteiger partial charge in [0.25, 0.3) is 5.91 Å². The summed E-state index contributed by atoms with van der Waals surface area (Å²) in [5, 5.41) is 11.4. The molecule has 1 atom stereocenters. The van der Waals surface area contributed by atoms with Gasteiger partial charge in [0.05, 0.1) is 31.2 Å². The fraction of sp³-hybridized carbons (Fsp3) is 0.333. The van der Waals surface area contributed by atoms with Gasteiger partial charge in [0, 0.05) is 11.2 Å². The Labute approximate surface area is 195 Å². The zero-order valence-corrected chi connectivity index (χ0v) is 18.9. The predicted molar refractivity (Wildman–Crippen MR) is 123 cm³/mol. The number of hydrogen-bond donors (Lipinski definition) is 3. The first kappa shape index (κ1) is 22.3. The van der Waals surface area contributed by atoms with E-state index in [4.69, 9.17) is 33.7 Å². The Bertz CT molecular complexity index is 1120. The Morgan fingerprint density at radius 2 is 2.06 bits per heavy atom. The van der Waals surface area contributed by atoms with Crippen LogP contribution < -0.4 is 21.1 Å². The lowest BCUT2D eigenvalue weighted by Gasteiger charge is -2.31. The molecule has 1 amide bonds. The second kappa shape index (κ2) is 9.72. The van der Waals surface area contributed by atoms with Crippen molar-refractivity contribution >= 4 is 40.6 Å². The van der Waals surface area contributed by atoms with Crippen LogP contribution in [0.5, 0.6) is 5.75 Å². The molecule has 1 aliphatic heterocycles. The summed E-state index contributed by atoms with van der Waals surface area (Å²) in [5.74, 6) is 0.497. The molecule has 0 bridgehead atoms. The Kier molecular flexibility index (Phi) is 6.78. The summed E-state index contributed by atoms with van der Waals surface area (Å²) < 4.78 is 7.27. The summed E-state index contributed by atoms with van der Waals surface area (Å²) in [6.45, 7) is 1.85. The standard InChI is InChI=1S/C21H23Cl2N7O2/c1-32-16-7-13(6-14(22)8-16)19(12-2-4-25-5-3-12)30-11-15(9-27-30)28-21(31)18-20(24)26-10-17(23)29-18/h6-12,19,25H,2-5H2,1H3,(H2,24,26)(H,28,31). The molecule has 168 valence electrons. The number of piperidine rings is 1. The molecule has 3 heterocycles. The maximum atomic E-state index is 12.6. The lowest BCUT2D eigenvalue weighted by Crippen LogP contribution is -2.33. The number of hydrogen-bond acceptors (Lipinski definition) is 7. The van der Waals surface area contributed by atoms with Gasteiger partial charge in [-0.2, -0.15) is 5.10 Å². The van der Waals surface area contributed by atoms with Gasteiger partial charge < -0.3 is 21.1 Å². The molecule has 4 rings (SSSR count). The van der Waals surface area contributed by atoms with E-state index < -0.39 is 5.91 Å². The largest absolute Gasteiger partial charge is 0.497 e. The Morgan fingerprint density at radius 3 is 2.81 bits per heavy atom. The van der Waals surface area contributed by atoms with Crippen molar-refractivity contribution in [3.63, 3.8) is 0 Å². The summed E-state index contributed by atoms with van der Waals surface area (Å²) in [6.07, 6.45) is 6.62. The molecule has 1 aromatic carbocycles. The highest BCUT2D eigenvalue weighted by atomic mass is 35.5. The van der Waals surface area contributed by atoms with Crippen LogP contribution in [0.3, 0.4) is 0 Å². The third kappa shape index (κ3) is 4.95. The first-order chi connectivity index (χ1) is 15.4. The van der Waals surface area contributed by atoms with Gasteiger partial charge in [-0.25, -0.2) is 9.97 Å². The molecule has 1 fully saturated rings. The second-order valence-electron chi connectivity index (χ2n) is 7.55. The van der Waals surface area contributed by atoms with Gasteiger partial charge in [0.2, 0.25) is 0 Å². The normalized spacial score (nSPS) is 15.3. The van der Waals surface area contributed by atoms with Crippen LogP contribution >= 0.6 is 23.2 Å². The summed E-state index contributed by atoms with van der Waals surface area (Å²) in [5.41, 5.74) is 7.22. The van der Waals surface area contributed by atoms with Crippen LogP contribution in [0.25, 0.3) is 0 Å². The van der Waals surface area contributed by atoms with Crippen LogP contribution in [-0.4, -0.2) is 45.9 Å². The van der Waals surface area contributed by atoms with Gasteiger partial charge in [-0.3, -0.25) is 9.48 Å². The second-order valence-corrected chi connectivity index (χ2v) is 8.37. The number of nitrogens with one attached hydrogen (secondary N) is 2. The van der Waals surface area contributed by atoms with Crippen LogP contribution in [0.15, 0.2) is 36.8 Å². The van der Waals surface area contributed by atoms with Gasteiger partial charge >= 0.3 is 0 Å². The minimum absolute atomic E-state index is 0.00195. The number of rotatable bonds is 6. The van der Waals surface area contributed by atoms with Crippen LogP contribution in [0.2, 0.25) is 10.2 Å².